The highest BCUT2D eigenvalue weighted by Crippen LogP contribution is 2.37. The first-order valence-corrected chi connectivity index (χ1v) is 9.86. The standard InChI is InChI=1S/C18H16FIN2O2S/c19-13-6-3-5-12-15(8-9-25-17(12)13)22-16(23)10-21-18(24)11-4-1-2-7-14(11)20/h1-7,15H,8-10H2,(H,21,24)(H,22,23). The van der Waals surface area contributed by atoms with Crippen LogP contribution in [0.2, 0.25) is 0 Å². The second-order valence-electron chi connectivity index (χ2n) is 5.58. The Morgan fingerprint density at radius 2 is 2.00 bits per heavy atom. The molecule has 3 rings (SSSR count). The summed E-state index contributed by atoms with van der Waals surface area (Å²) >= 11 is 3.55. The van der Waals surface area contributed by atoms with E-state index in [4.69, 9.17) is 0 Å². The molecule has 0 aromatic heterocycles. The molecule has 2 aromatic carbocycles. The lowest BCUT2D eigenvalue weighted by atomic mass is 10.0. The maximum atomic E-state index is 13.9. The second-order valence-corrected chi connectivity index (χ2v) is 7.85. The zero-order chi connectivity index (χ0) is 17.8. The summed E-state index contributed by atoms with van der Waals surface area (Å²) in [6.45, 7) is -0.113. The van der Waals surface area contributed by atoms with Gasteiger partial charge in [-0.1, -0.05) is 24.3 Å². The minimum Gasteiger partial charge on any atom is -0.348 e. The van der Waals surface area contributed by atoms with E-state index in [1.165, 1.54) is 17.8 Å². The number of hydrogen-bond acceptors (Lipinski definition) is 3. The molecule has 0 fully saturated rings. The fourth-order valence-electron chi connectivity index (χ4n) is 2.68. The summed E-state index contributed by atoms with van der Waals surface area (Å²) in [6, 6.07) is 11.9. The monoisotopic (exact) mass is 470 g/mol. The topological polar surface area (TPSA) is 58.2 Å². The van der Waals surface area contributed by atoms with Crippen LogP contribution in [0.25, 0.3) is 0 Å². The fourth-order valence-corrected chi connectivity index (χ4v) is 4.46. The molecule has 0 spiro atoms. The van der Waals surface area contributed by atoms with Crippen molar-refractivity contribution in [3.8, 4) is 0 Å². The van der Waals surface area contributed by atoms with E-state index in [1.807, 2.05) is 18.2 Å². The van der Waals surface area contributed by atoms with Gasteiger partial charge in [-0.05, 0) is 52.8 Å². The van der Waals surface area contributed by atoms with Gasteiger partial charge in [-0.15, -0.1) is 11.8 Å². The summed E-state index contributed by atoms with van der Waals surface area (Å²) in [4.78, 5) is 25.0. The van der Waals surface area contributed by atoms with E-state index < -0.39 is 0 Å². The lowest BCUT2D eigenvalue weighted by Gasteiger charge is -2.26. The Bertz CT molecular complexity index is 815. The third-order valence-electron chi connectivity index (χ3n) is 3.89. The molecule has 0 radical (unpaired) electrons. The number of amides is 2. The van der Waals surface area contributed by atoms with Gasteiger partial charge in [0.15, 0.2) is 0 Å². The van der Waals surface area contributed by atoms with Gasteiger partial charge in [0, 0.05) is 14.2 Å². The van der Waals surface area contributed by atoms with Gasteiger partial charge in [0.25, 0.3) is 5.91 Å². The molecule has 1 aliphatic rings. The van der Waals surface area contributed by atoms with Crippen molar-refractivity contribution in [3.05, 3.63) is 63.0 Å². The zero-order valence-electron chi connectivity index (χ0n) is 13.2. The van der Waals surface area contributed by atoms with Gasteiger partial charge in [-0.2, -0.15) is 0 Å². The van der Waals surface area contributed by atoms with Gasteiger partial charge in [0.05, 0.1) is 18.2 Å². The summed E-state index contributed by atoms with van der Waals surface area (Å²) in [6.07, 6.45) is 0.734. The maximum absolute atomic E-state index is 13.9. The molecule has 0 bridgehead atoms. The van der Waals surface area contributed by atoms with Crippen molar-refractivity contribution in [1.82, 2.24) is 10.6 Å². The second kappa shape index (κ2) is 8.18. The molecule has 1 atom stereocenters. The molecule has 4 nitrogen and oxygen atoms in total. The molecule has 7 heteroatoms. The van der Waals surface area contributed by atoms with E-state index in [9.17, 15) is 14.0 Å². The highest BCUT2D eigenvalue weighted by atomic mass is 127. The van der Waals surface area contributed by atoms with Gasteiger partial charge in [0.2, 0.25) is 5.91 Å². The van der Waals surface area contributed by atoms with E-state index >= 15 is 0 Å². The summed E-state index contributed by atoms with van der Waals surface area (Å²) in [7, 11) is 0. The first-order chi connectivity index (χ1) is 12.1. The summed E-state index contributed by atoms with van der Waals surface area (Å²) in [5.41, 5.74) is 1.34. The molecule has 1 heterocycles. The molecule has 2 N–H and O–H groups in total. The largest absolute Gasteiger partial charge is 0.348 e. The third kappa shape index (κ3) is 4.33. The van der Waals surface area contributed by atoms with Gasteiger partial charge < -0.3 is 10.6 Å². The van der Waals surface area contributed by atoms with Crippen LogP contribution < -0.4 is 10.6 Å². The predicted octanol–water partition coefficient (Wildman–Crippen LogP) is 3.51. The first kappa shape index (κ1) is 18.2. The molecular weight excluding hydrogens is 454 g/mol. The Morgan fingerprint density at radius 3 is 2.80 bits per heavy atom. The zero-order valence-corrected chi connectivity index (χ0v) is 16.2. The third-order valence-corrected chi connectivity index (χ3v) is 5.99. The number of thioether (sulfide) groups is 1. The van der Waals surface area contributed by atoms with Crippen molar-refractivity contribution in [2.75, 3.05) is 12.3 Å². The van der Waals surface area contributed by atoms with Crippen molar-refractivity contribution in [3.63, 3.8) is 0 Å². The number of rotatable bonds is 4. The van der Waals surface area contributed by atoms with Gasteiger partial charge in [-0.3, -0.25) is 9.59 Å². The smallest absolute Gasteiger partial charge is 0.252 e. The van der Waals surface area contributed by atoms with Crippen LogP contribution in [0, 0.1) is 9.39 Å². The molecule has 2 amide bonds. The number of hydrogen-bond donors (Lipinski definition) is 2. The SMILES string of the molecule is O=C(CNC(=O)c1ccccc1I)NC1CCSc2c(F)cccc21. The highest BCUT2D eigenvalue weighted by Gasteiger charge is 2.24. The molecule has 0 saturated carbocycles. The average molecular weight is 470 g/mol. The van der Waals surface area contributed by atoms with Crippen LogP contribution in [0.4, 0.5) is 4.39 Å². The van der Waals surface area contributed by atoms with E-state index in [0.29, 0.717) is 10.5 Å². The molecule has 0 aliphatic carbocycles. The van der Waals surface area contributed by atoms with Crippen LogP contribution in [0.5, 0.6) is 0 Å². The lowest BCUT2D eigenvalue weighted by molar-refractivity contribution is -0.120. The molecule has 1 unspecified atom stereocenters. The maximum Gasteiger partial charge on any atom is 0.252 e. The van der Waals surface area contributed by atoms with Crippen LogP contribution in [0.15, 0.2) is 47.4 Å². The van der Waals surface area contributed by atoms with Crippen molar-refractivity contribution >= 4 is 46.2 Å². The number of halogens is 2. The van der Waals surface area contributed by atoms with Gasteiger partial charge >= 0.3 is 0 Å². The van der Waals surface area contributed by atoms with E-state index in [0.717, 1.165) is 21.3 Å². The summed E-state index contributed by atoms with van der Waals surface area (Å²) < 4.78 is 14.7. The number of benzene rings is 2. The Labute approximate surface area is 163 Å². The molecule has 25 heavy (non-hydrogen) atoms. The highest BCUT2D eigenvalue weighted by molar-refractivity contribution is 14.1. The van der Waals surface area contributed by atoms with Crippen molar-refractivity contribution in [2.45, 2.75) is 17.4 Å². The molecule has 1 aliphatic heterocycles. The molecular formula is C18H16FIN2O2S. The summed E-state index contributed by atoms with van der Waals surface area (Å²) in [5, 5.41) is 5.52. The van der Waals surface area contributed by atoms with E-state index in [1.54, 1.807) is 18.2 Å². The van der Waals surface area contributed by atoms with Crippen LogP contribution in [-0.4, -0.2) is 24.1 Å². The van der Waals surface area contributed by atoms with Gasteiger partial charge in [0.1, 0.15) is 5.82 Å². The predicted molar refractivity (Wildman–Crippen MR) is 104 cm³/mol. The quantitative estimate of drug-likeness (QED) is 0.673. The minimum atomic E-state index is -0.286. The average Bonchev–Trinajstić information content (AvgIpc) is 2.61. The van der Waals surface area contributed by atoms with Crippen LogP contribution in [0.3, 0.4) is 0 Å². The Kier molecular flexibility index (Phi) is 5.95. The Morgan fingerprint density at radius 1 is 1.20 bits per heavy atom. The fraction of sp³-hybridized carbons (Fsp3) is 0.222. The van der Waals surface area contributed by atoms with E-state index in [-0.39, 0.29) is 30.2 Å². The van der Waals surface area contributed by atoms with Crippen molar-refractivity contribution in [1.29, 1.82) is 0 Å². The minimum absolute atomic E-state index is 0.113. The van der Waals surface area contributed by atoms with Gasteiger partial charge in [-0.25, -0.2) is 4.39 Å². The first-order valence-electron chi connectivity index (χ1n) is 7.79. The lowest BCUT2D eigenvalue weighted by Crippen LogP contribution is -2.39. The number of carbonyl (C=O) groups excluding carboxylic acids is 2. The van der Waals surface area contributed by atoms with Crippen molar-refractivity contribution in [2.24, 2.45) is 0 Å². The van der Waals surface area contributed by atoms with Crippen LogP contribution in [-0.2, 0) is 4.79 Å². The van der Waals surface area contributed by atoms with E-state index in [2.05, 4.69) is 33.2 Å². The molecule has 130 valence electrons. The normalized spacial score (nSPS) is 16.0. The molecule has 0 saturated heterocycles. The Balaban J connectivity index is 1.60. The number of fused-ring (bicyclic) bond motifs is 1. The van der Waals surface area contributed by atoms with Crippen molar-refractivity contribution < 1.29 is 14.0 Å². The van der Waals surface area contributed by atoms with Crippen LogP contribution >= 0.6 is 34.4 Å². The van der Waals surface area contributed by atoms with Crippen LogP contribution in [0.1, 0.15) is 28.4 Å². The Hall–Kier alpha value is -1.61. The summed E-state index contributed by atoms with van der Waals surface area (Å²) in [5.74, 6) is -0.0846. The molecule has 2 aromatic rings. The number of carbonyl (C=O) groups is 2. The number of nitrogens with one attached hydrogen (secondary N) is 2.